The molecule has 0 saturated heterocycles. The lowest BCUT2D eigenvalue weighted by molar-refractivity contribution is -0.121. The van der Waals surface area contributed by atoms with Crippen molar-refractivity contribution in [2.75, 3.05) is 10.6 Å². The molecule has 7 heteroatoms. The summed E-state index contributed by atoms with van der Waals surface area (Å²) < 4.78 is 0. The van der Waals surface area contributed by atoms with E-state index in [4.69, 9.17) is 0 Å². The van der Waals surface area contributed by atoms with Crippen molar-refractivity contribution in [3.8, 4) is 11.4 Å². The van der Waals surface area contributed by atoms with Crippen molar-refractivity contribution in [3.63, 3.8) is 0 Å². The minimum atomic E-state index is -0.234. The van der Waals surface area contributed by atoms with Crippen molar-refractivity contribution in [1.29, 1.82) is 0 Å². The molecule has 1 aromatic heterocycles. The molecule has 2 unspecified atom stereocenters. The van der Waals surface area contributed by atoms with Gasteiger partial charge in [-0.2, -0.15) is 0 Å². The molecule has 7 nitrogen and oxygen atoms in total. The van der Waals surface area contributed by atoms with E-state index in [9.17, 15) is 9.59 Å². The van der Waals surface area contributed by atoms with Crippen molar-refractivity contribution in [1.82, 2.24) is 9.97 Å². The Morgan fingerprint density at radius 1 is 0.941 bits per heavy atom. The Hall–Kier alpha value is -3.74. The lowest BCUT2D eigenvalue weighted by Crippen LogP contribution is -2.28. The number of nitrogens with zero attached hydrogens (tertiary/aromatic N) is 2. The maximum atomic E-state index is 12.7. The molecule has 2 aliphatic rings. The number of aromatic amines is 1. The summed E-state index contributed by atoms with van der Waals surface area (Å²) in [7, 11) is 0. The van der Waals surface area contributed by atoms with Crippen molar-refractivity contribution in [2.45, 2.75) is 39.0 Å². The van der Waals surface area contributed by atoms with Gasteiger partial charge < -0.3 is 15.6 Å². The first-order valence-electron chi connectivity index (χ1n) is 12.0. The molecule has 2 aromatic carbocycles. The minimum absolute atomic E-state index is 0.0557. The molecule has 1 aliphatic heterocycles. The fourth-order valence-corrected chi connectivity index (χ4v) is 4.69. The zero-order chi connectivity index (χ0) is 23.5. The standard InChI is InChI=1S/C27H29N5O2/c1-17-16-28-14-13-22(17)27(34)30-21-11-12-23-24(15-21)32-25(31-23)18-7-9-20(10-8-18)29-26(33)19-5-3-2-4-6-19/h7-17,19,22H,2-6H2,1H3,(H,29,33)(H,30,34)(H,31,32). The molecular formula is C27H29N5O2. The van der Waals surface area contributed by atoms with Gasteiger partial charge in [-0.1, -0.05) is 32.3 Å². The number of nitrogens with one attached hydrogen (secondary N) is 3. The second-order valence-electron chi connectivity index (χ2n) is 9.23. The Morgan fingerprint density at radius 2 is 1.68 bits per heavy atom. The molecule has 1 aliphatic carbocycles. The zero-order valence-corrected chi connectivity index (χ0v) is 19.3. The Kier molecular flexibility index (Phi) is 6.25. The van der Waals surface area contributed by atoms with Crippen LogP contribution in [0.4, 0.5) is 11.4 Å². The van der Waals surface area contributed by atoms with Crippen LogP contribution in [-0.2, 0) is 9.59 Å². The number of hydrogen-bond acceptors (Lipinski definition) is 4. The minimum Gasteiger partial charge on any atom is -0.338 e. The number of rotatable bonds is 5. The SMILES string of the molecule is CC1C=NC=CC1C(=O)Nc1ccc2nc(-c3ccc(NC(=O)C4CCCCC4)cc3)[nH]c2c1. The topological polar surface area (TPSA) is 99.2 Å². The number of imidazole rings is 1. The molecule has 0 bridgehead atoms. The predicted molar refractivity (Wildman–Crippen MR) is 136 cm³/mol. The summed E-state index contributed by atoms with van der Waals surface area (Å²) in [4.78, 5) is 37.3. The van der Waals surface area contributed by atoms with Gasteiger partial charge in [0.15, 0.2) is 0 Å². The molecule has 0 radical (unpaired) electrons. The maximum absolute atomic E-state index is 12.7. The molecule has 2 amide bonds. The summed E-state index contributed by atoms with van der Waals surface area (Å²) >= 11 is 0. The molecule has 34 heavy (non-hydrogen) atoms. The highest BCUT2D eigenvalue weighted by atomic mass is 16.2. The summed E-state index contributed by atoms with van der Waals surface area (Å²) in [5, 5.41) is 6.05. The van der Waals surface area contributed by atoms with Gasteiger partial charge in [-0.05, 0) is 55.3 Å². The normalized spacial score (nSPS) is 20.4. The van der Waals surface area contributed by atoms with Crippen molar-refractivity contribution >= 4 is 40.4 Å². The lowest BCUT2D eigenvalue weighted by Gasteiger charge is -2.20. The number of benzene rings is 2. The van der Waals surface area contributed by atoms with Crippen LogP contribution < -0.4 is 10.6 Å². The molecule has 3 N–H and O–H groups in total. The van der Waals surface area contributed by atoms with E-state index in [1.165, 1.54) is 6.42 Å². The quantitative estimate of drug-likeness (QED) is 0.471. The van der Waals surface area contributed by atoms with E-state index in [0.29, 0.717) is 0 Å². The van der Waals surface area contributed by atoms with Gasteiger partial charge in [0.05, 0.1) is 17.0 Å². The first-order chi connectivity index (χ1) is 16.6. The molecule has 174 valence electrons. The number of aliphatic imine (C=N–C) groups is 1. The van der Waals surface area contributed by atoms with Crippen LogP contribution >= 0.6 is 0 Å². The molecule has 0 spiro atoms. The highest BCUT2D eigenvalue weighted by molar-refractivity contribution is 5.97. The molecular weight excluding hydrogens is 426 g/mol. The van der Waals surface area contributed by atoms with Crippen LogP contribution in [0.1, 0.15) is 39.0 Å². The first kappa shape index (κ1) is 22.1. The second kappa shape index (κ2) is 9.63. The Morgan fingerprint density at radius 3 is 2.44 bits per heavy atom. The number of anilines is 2. The third-order valence-corrected chi connectivity index (χ3v) is 6.72. The van der Waals surface area contributed by atoms with Crippen molar-refractivity contribution < 1.29 is 9.59 Å². The van der Waals surface area contributed by atoms with Crippen LogP contribution in [0, 0.1) is 17.8 Å². The van der Waals surface area contributed by atoms with E-state index in [-0.39, 0.29) is 29.6 Å². The lowest BCUT2D eigenvalue weighted by atomic mass is 9.88. The van der Waals surface area contributed by atoms with Crippen molar-refractivity contribution in [3.05, 3.63) is 54.7 Å². The van der Waals surface area contributed by atoms with E-state index < -0.39 is 0 Å². The van der Waals surface area contributed by atoms with E-state index in [1.807, 2.05) is 55.5 Å². The number of amides is 2. The number of fused-ring (bicyclic) bond motifs is 1. The first-order valence-corrected chi connectivity index (χ1v) is 12.0. The molecule has 5 rings (SSSR count). The third-order valence-electron chi connectivity index (χ3n) is 6.72. The van der Waals surface area contributed by atoms with Gasteiger partial charge >= 0.3 is 0 Å². The van der Waals surface area contributed by atoms with Crippen LogP contribution in [0.5, 0.6) is 0 Å². The van der Waals surface area contributed by atoms with Crippen LogP contribution in [0.15, 0.2) is 59.7 Å². The highest BCUT2D eigenvalue weighted by Gasteiger charge is 2.23. The fraction of sp³-hybridized carbons (Fsp3) is 0.333. The summed E-state index contributed by atoms with van der Waals surface area (Å²) in [5.74, 6) is 0.759. The second-order valence-corrected chi connectivity index (χ2v) is 9.23. The van der Waals surface area contributed by atoms with E-state index in [0.717, 1.165) is 59.5 Å². The number of carbonyl (C=O) groups excluding carboxylic acids is 2. The third kappa shape index (κ3) is 4.78. The summed E-state index contributed by atoms with van der Waals surface area (Å²) in [6.07, 6.45) is 10.8. The Labute approximate surface area is 198 Å². The van der Waals surface area contributed by atoms with Crippen LogP contribution in [0.25, 0.3) is 22.4 Å². The molecule has 1 saturated carbocycles. The van der Waals surface area contributed by atoms with Gasteiger partial charge in [0.2, 0.25) is 11.8 Å². The number of aromatic nitrogens is 2. The molecule has 2 atom stereocenters. The van der Waals surface area contributed by atoms with Crippen LogP contribution in [0.2, 0.25) is 0 Å². The van der Waals surface area contributed by atoms with Crippen molar-refractivity contribution in [2.24, 2.45) is 22.7 Å². The smallest absolute Gasteiger partial charge is 0.232 e. The average Bonchev–Trinajstić information content (AvgIpc) is 3.29. The van der Waals surface area contributed by atoms with Crippen LogP contribution in [-0.4, -0.2) is 28.0 Å². The summed E-state index contributed by atoms with van der Waals surface area (Å²) in [6.45, 7) is 1.98. The molecule has 2 heterocycles. The summed E-state index contributed by atoms with van der Waals surface area (Å²) in [5.41, 5.74) is 4.11. The monoisotopic (exact) mass is 455 g/mol. The van der Waals surface area contributed by atoms with E-state index in [2.05, 4.69) is 25.6 Å². The summed E-state index contributed by atoms with van der Waals surface area (Å²) in [6, 6.07) is 13.4. The van der Waals surface area contributed by atoms with Gasteiger partial charge in [-0.15, -0.1) is 0 Å². The fourth-order valence-electron chi connectivity index (χ4n) is 4.69. The van der Waals surface area contributed by atoms with Crippen LogP contribution in [0.3, 0.4) is 0 Å². The number of H-pyrrole nitrogens is 1. The van der Waals surface area contributed by atoms with Gasteiger partial charge in [0.1, 0.15) is 5.82 Å². The average molecular weight is 456 g/mol. The van der Waals surface area contributed by atoms with E-state index in [1.54, 1.807) is 12.4 Å². The van der Waals surface area contributed by atoms with Gasteiger partial charge in [0, 0.05) is 41.2 Å². The van der Waals surface area contributed by atoms with Gasteiger partial charge in [-0.25, -0.2) is 4.98 Å². The predicted octanol–water partition coefficient (Wildman–Crippen LogP) is 5.54. The van der Waals surface area contributed by atoms with Gasteiger partial charge in [0.25, 0.3) is 0 Å². The van der Waals surface area contributed by atoms with E-state index >= 15 is 0 Å². The van der Waals surface area contributed by atoms with Gasteiger partial charge in [-0.3, -0.25) is 14.6 Å². The zero-order valence-electron chi connectivity index (χ0n) is 19.3. The Balaban J connectivity index is 1.27. The number of carbonyl (C=O) groups is 2. The molecule has 3 aromatic rings. The molecule has 1 fully saturated rings. The number of hydrogen-bond donors (Lipinski definition) is 3. The maximum Gasteiger partial charge on any atom is 0.232 e. The Bertz CT molecular complexity index is 1250. The highest BCUT2D eigenvalue weighted by Crippen LogP contribution is 2.27. The largest absolute Gasteiger partial charge is 0.338 e.